The predicted octanol–water partition coefficient (Wildman–Crippen LogP) is 1.59. The van der Waals surface area contributed by atoms with Crippen molar-refractivity contribution >= 4 is 12.0 Å². The van der Waals surface area contributed by atoms with E-state index in [2.05, 4.69) is 0 Å². The van der Waals surface area contributed by atoms with E-state index in [1.807, 2.05) is 0 Å². The number of nitrogens with zero attached hydrogens (tertiary/aromatic N) is 1. The van der Waals surface area contributed by atoms with Crippen LogP contribution in [0.4, 0.5) is 4.79 Å². The highest BCUT2D eigenvalue weighted by atomic mass is 16.6. The number of imide groups is 1. The van der Waals surface area contributed by atoms with Gasteiger partial charge in [-0.1, -0.05) is 0 Å². The van der Waals surface area contributed by atoms with Gasteiger partial charge in [0, 0.05) is 6.08 Å². The summed E-state index contributed by atoms with van der Waals surface area (Å²) in [6.07, 6.45) is 0.287. The lowest BCUT2D eigenvalue weighted by molar-refractivity contribution is -0.125. The van der Waals surface area contributed by atoms with Crippen molar-refractivity contribution in [1.29, 1.82) is 0 Å². The topological polar surface area (TPSA) is 66.8 Å². The van der Waals surface area contributed by atoms with Gasteiger partial charge in [-0.25, -0.2) is 9.69 Å². The molecular formula is C10H15NO4. The second-order valence-electron chi connectivity index (χ2n) is 4.43. The van der Waals surface area contributed by atoms with E-state index in [-0.39, 0.29) is 5.76 Å². The third-order valence-electron chi connectivity index (χ3n) is 1.91. The maximum Gasteiger partial charge on any atom is 0.417 e. The lowest BCUT2D eigenvalue weighted by Gasteiger charge is -2.25. The van der Waals surface area contributed by atoms with Gasteiger partial charge in [0.05, 0.1) is 6.04 Å². The lowest BCUT2D eigenvalue weighted by Crippen LogP contribution is -2.42. The molecule has 0 aromatic rings. The molecule has 1 atom stereocenters. The first-order valence-corrected chi connectivity index (χ1v) is 4.69. The number of hydrogen-bond donors (Lipinski definition) is 1. The molecule has 0 bridgehead atoms. The third kappa shape index (κ3) is 2.49. The van der Waals surface area contributed by atoms with Crippen molar-refractivity contribution in [1.82, 2.24) is 4.90 Å². The van der Waals surface area contributed by atoms with Crippen LogP contribution < -0.4 is 0 Å². The molecule has 0 saturated carbocycles. The van der Waals surface area contributed by atoms with E-state index < -0.39 is 23.6 Å². The Balaban J connectivity index is 2.75. The van der Waals surface area contributed by atoms with Crippen molar-refractivity contribution in [2.45, 2.75) is 39.3 Å². The van der Waals surface area contributed by atoms with Crippen LogP contribution in [0.2, 0.25) is 0 Å². The molecule has 0 saturated heterocycles. The van der Waals surface area contributed by atoms with Crippen molar-refractivity contribution in [3.05, 3.63) is 11.8 Å². The molecule has 1 heterocycles. The van der Waals surface area contributed by atoms with Crippen LogP contribution in [0.5, 0.6) is 0 Å². The highest BCUT2D eigenvalue weighted by Gasteiger charge is 2.37. The van der Waals surface area contributed by atoms with Gasteiger partial charge in [0.15, 0.2) is 0 Å². The average molecular weight is 213 g/mol. The number of carbonyl (C=O) groups excluding carboxylic acids is 2. The van der Waals surface area contributed by atoms with E-state index >= 15 is 0 Å². The van der Waals surface area contributed by atoms with Crippen LogP contribution in [-0.2, 0) is 9.53 Å². The summed E-state index contributed by atoms with van der Waals surface area (Å²) in [5, 5.41) is 9.28. The smallest absolute Gasteiger partial charge is 0.417 e. The van der Waals surface area contributed by atoms with Crippen LogP contribution in [0, 0.1) is 0 Å². The number of amides is 2. The fourth-order valence-corrected chi connectivity index (χ4v) is 1.20. The largest absolute Gasteiger partial charge is 0.510 e. The number of aliphatic hydroxyl groups is 1. The number of ether oxygens (including phenoxy) is 1. The summed E-state index contributed by atoms with van der Waals surface area (Å²) in [7, 11) is 0. The molecule has 5 heteroatoms. The van der Waals surface area contributed by atoms with E-state index in [9.17, 15) is 14.7 Å². The average Bonchev–Trinajstić information content (AvgIpc) is 2.22. The zero-order chi connectivity index (χ0) is 11.8. The molecule has 5 nitrogen and oxygen atoms in total. The minimum Gasteiger partial charge on any atom is -0.510 e. The monoisotopic (exact) mass is 213 g/mol. The van der Waals surface area contributed by atoms with Gasteiger partial charge < -0.3 is 9.84 Å². The Kier molecular flexibility index (Phi) is 2.75. The lowest BCUT2D eigenvalue weighted by atomic mass is 10.2. The van der Waals surface area contributed by atoms with Gasteiger partial charge in [-0.2, -0.15) is 0 Å². The summed E-state index contributed by atoms with van der Waals surface area (Å²) in [6.45, 7) is 6.69. The Morgan fingerprint density at radius 2 is 2.07 bits per heavy atom. The number of aliphatic hydroxyl groups excluding tert-OH is 1. The van der Waals surface area contributed by atoms with Crippen LogP contribution in [0.25, 0.3) is 0 Å². The normalized spacial score (nSPS) is 21.6. The Morgan fingerprint density at radius 1 is 1.53 bits per heavy atom. The summed E-state index contributed by atoms with van der Waals surface area (Å²) in [5.41, 5.74) is -0.657. The SMILES string of the molecule is C[C@@H]1C(O)=CC(=O)N1C(=O)OC(C)(C)C. The van der Waals surface area contributed by atoms with Crippen molar-refractivity contribution in [3.8, 4) is 0 Å². The van der Waals surface area contributed by atoms with E-state index in [1.165, 1.54) is 0 Å². The van der Waals surface area contributed by atoms with Gasteiger partial charge in [-0.3, -0.25) is 4.79 Å². The van der Waals surface area contributed by atoms with Gasteiger partial charge in [0.2, 0.25) is 0 Å². The molecule has 1 rings (SSSR count). The van der Waals surface area contributed by atoms with Gasteiger partial charge in [-0.05, 0) is 27.7 Å². The molecule has 84 valence electrons. The number of rotatable bonds is 0. The van der Waals surface area contributed by atoms with Crippen molar-refractivity contribution in [2.75, 3.05) is 0 Å². The fraction of sp³-hybridized carbons (Fsp3) is 0.600. The van der Waals surface area contributed by atoms with Crippen LogP contribution >= 0.6 is 0 Å². The number of carbonyl (C=O) groups is 2. The van der Waals surface area contributed by atoms with E-state index in [0.717, 1.165) is 11.0 Å². The quantitative estimate of drug-likeness (QED) is 0.663. The second kappa shape index (κ2) is 3.56. The van der Waals surface area contributed by atoms with Crippen LogP contribution in [-0.4, -0.2) is 33.6 Å². The molecule has 0 aliphatic carbocycles. The van der Waals surface area contributed by atoms with Gasteiger partial charge in [-0.15, -0.1) is 0 Å². The van der Waals surface area contributed by atoms with Crippen molar-refractivity contribution in [3.63, 3.8) is 0 Å². The summed E-state index contributed by atoms with van der Waals surface area (Å²) in [4.78, 5) is 23.8. The Bertz CT molecular complexity index is 327. The molecule has 0 unspecified atom stereocenters. The highest BCUT2D eigenvalue weighted by molar-refractivity contribution is 6.01. The molecule has 0 fully saturated rings. The zero-order valence-corrected chi connectivity index (χ0v) is 9.27. The standard InChI is InChI=1S/C10H15NO4/c1-6-7(12)5-8(13)11(6)9(14)15-10(2,3)4/h5-6,12H,1-4H3/t6-/m1/s1. The molecule has 0 aromatic carbocycles. The molecule has 1 aliphatic rings. The first kappa shape index (κ1) is 11.6. The molecule has 1 N–H and O–H groups in total. The summed E-state index contributed by atoms with van der Waals surface area (Å²) >= 11 is 0. The number of hydrogen-bond acceptors (Lipinski definition) is 4. The van der Waals surface area contributed by atoms with Crippen LogP contribution in [0.3, 0.4) is 0 Å². The van der Waals surface area contributed by atoms with Gasteiger partial charge >= 0.3 is 6.09 Å². The minimum atomic E-state index is -0.736. The molecular weight excluding hydrogens is 198 g/mol. The summed E-state index contributed by atoms with van der Waals surface area (Å²) in [6, 6.07) is -0.646. The second-order valence-corrected chi connectivity index (χ2v) is 4.43. The molecule has 15 heavy (non-hydrogen) atoms. The molecule has 0 radical (unpaired) electrons. The van der Waals surface area contributed by atoms with Crippen molar-refractivity contribution in [2.24, 2.45) is 0 Å². The minimum absolute atomic E-state index is 0.120. The van der Waals surface area contributed by atoms with Crippen LogP contribution in [0.15, 0.2) is 11.8 Å². The van der Waals surface area contributed by atoms with Gasteiger partial charge in [0.1, 0.15) is 11.4 Å². The van der Waals surface area contributed by atoms with Crippen LogP contribution in [0.1, 0.15) is 27.7 Å². The first-order valence-electron chi connectivity index (χ1n) is 4.69. The zero-order valence-electron chi connectivity index (χ0n) is 9.27. The van der Waals surface area contributed by atoms with E-state index in [1.54, 1.807) is 27.7 Å². The first-order chi connectivity index (χ1) is 6.72. The Labute approximate surface area is 88.3 Å². The molecule has 0 spiro atoms. The molecule has 0 aromatic heterocycles. The predicted molar refractivity (Wildman–Crippen MR) is 53.3 cm³/mol. The highest BCUT2D eigenvalue weighted by Crippen LogP contribution is 2.20. The Morgan fingerprint density at radius 3 is 2.40 bits per heavy atom. The summed E-state index contributed by atoms with van der Waals surface area (Å²) < 4.78 is 5.03. The Hall–Kier alpha value is -1.52. The van der Waals surface area contributed by atoms with Crippen molar-refractivity contribution < 1.29 is 19.4 Å². The fourth-order valence-electron chi connectivity index (χ4n) is 1.20. The van der Waals surface area contributed by atoms with Gasteiger partial charge in [0.25, 0.3) is 5.91 Å². The maximum absolute atomic E-state index is 11.6. The van der Waals surface area contributed by atoms with E-state index in [4.69, 9.17) is 4.74 Å². The maximum atomic E-state index is 11.6. The third-order valence-corrected chi connectivity index (χ3v) is 1.91. The molecule has 2 amide bonds. The molecule has 1 aliphatic heterocycles. The van der Waals surface area contributed by atoms with E-state index in [0.29, 0.717) is 0 Å². The summed E-state index contributed by atoms with van der Waals surface area (Å²) in [5.74, 6) is -0.667.